The quantitative estimate of drug-likeness (QED) is 0.858. The molecule has 0 saturated carbocycles. The monoisotopic (exact) mass is 309 g/mol. The summed E-state index contributed by atoms with van der Waals surface area (Å²) in [5.74, 6) is 0.703. The van der Waals surface area contributed by atoms with Crippen LogP contribution in [0.25, 0.3) is 0 Å². The normalized spacial score (nSPS) is 17.8. The molecule has 0 amide bonds. The molecule has 1 aromatic carbocycles. The molecule has 0 spiro atoms. The average Bonchev–Trinajstić information content (AvgIpc) is 2.76. The number of ether oxygens (including phenoxy) is 1. The van der Waals surface area contributed by atoms with E-state index in [9.17, 15) is 4.79 Å². The topological polar surface area (TPSA) is 42.7 Å². The molecule has 1 unspecified atom stereocenters. The second-order valence-electron chi connectivity index (χ2n) is 5.60. The van der Waals surface area contributed by atoms with E-state index in [1.807, 2.05) is 49.1 Å². The Morgan fingerprint density at radius 1 is 1.13 bits per heavy atom. The lowest BCUT2D eigenvalue weighted by molar-refractivity contribution is 0.233. The number of hydrogen-bond donors (Lipinski definition) is 0. The van der Waals surface area contributed by atoms with Crippen molar-refractivity contribution in [1.82, 2.24) is 0 Å². The van der Waals surface area contributed by atoms with Crippen molar-refractivity contribution in [3.63, 3.8) is 0 Å². The second kappa shape index (κ2) is 5.80. The molecular formula is C19H19NO3. The van der Waals surface area contributed by atoms with Crippen molar-refractivity contribution in [1.29, 1.82) is 0 Å². The Hall–Kier alpha value is -2.75. The van der Waals surface area contributed by atoms with Gasteiger partial charge in [-0.3, -0.25) is 4.79 Å². The van der Waals surface area contributed by atoms with Gasteiger partial charge in [-0.15, -0.1) is 0 Å². The summed E-state index contributed by atoms with van der Waals surface area (Å²) >= 11 is 0. The van der Waals surface area contributed by atoms with Gasteiger partial charge in [0.1, 0.15) is 5.76 Å². The van der Waals surface area contributed by atoms with Crippen LogP contribution in [0.5, 0.6) is 5.75 Å². The van der Waals surface area contributed by atoms with Crippen molar-refractivity contribution in [3.8, 4) is 5.75 Å². The highest BCUT2D eigenvalue weighted by atomic mass is 16.5. The van der Waals surface area contributed by atoms with Gasteiger partial charge in [-0.25, -0.2) is 0 Å². The summed E-state index contributed by atoms with van der Waals surface area (Å²) in [6.07, 6.45) is 0.968. The van der Waals surface area contributed by atoms with Crippen LogP contribution >= 0.6 is 0 Å². The largest absolute Gasteiger partial charge is 0.465 e. The minimum absolute atomic E-state index is 0.190. The van der Waals surface area contributed by atoms with Gasteiger partial charge >= 0.3 is 0 Å². The molecule has 0 aliphatic carbocycles. The fourth-order valence-corrected chi connectivity index (χ4v) is 2.70. The number of para-hydroxylation sites is 1. The maximum absolute atomic E-state index is 12.1. The van der Waals surface area contributed by atoms with E-state index in [4.69, 9.17) is 9.15 Å². The Morgan fingerprint density at radius 3 is 2.48 bits per heavy atom. The Balaban J connectivity index is 2.04. The van der Waals surface area contributed by atoms with Crippen molar-refractivity contribution >= 4 is 5.69 Å². The molecule has 4 nitrogen and oxygen atoms in total. The highest BCUT2D eigenvalue weighted by Gasteiger charge is 2.34. The van der Waals surface area contributed by atoms with E-state index in [-0.39, 0.29) is 11.2 Å². The van der Waals surface area contributed by atoms with Crippen molar-refractivity contribution in [2.24, 2.45) is 0 Å². The molecule has 3 rings (SSSR count). The van der Waals surface area contributed by atoms with Gasteiger partial charge in [-0.2, -0.15) is 0 Å². The molecule has 1 aromatic heterocycles. The molecule has 0 bridgehead atoms. The lowest BCUT2D eigenvalue weighted by Crippen LogP contribution is -2.36. The third-order valence-corrected chi connectivity index (χ3v) is 4.19. The summed E-state index contributed by atoms with van der Waals surface area (Å²) in [5, 5.41) is 0. The Labute approximate surface area is 135 Å². The van der Waals surface area contributed by atoms with Gasteiger partial charge in [0.15, 0.2) is 6.23 Å². The van der Waals surface area contributed by atoms with Gasteiger partial charge in [0.25, 0.3) is 0 Å². The average molecular weight is 309 g/mol. The number of benzene rings is 1. The van der Waals surface area contributed by atoms with Gasteiger partial charge in [0, 0.05) is 17.5 Å². The predicted octanol–water partition coefficient (Wildman–Crippen LogP) is 4.02. The van der Waals surface area contributed by atoms with Crippen LogP contribution in [0.15, 0.2) is 75.3 Å². The lowest BCUT2D eigenvalue weighted by atomic mass is 10.1. The van der Waals surface area contributed by atoms with Crippen LogP contribution < -0.4 is 15.1 Å². The summed E-state index contributed by atoms with van der Waals surface area (Å²) in [4.78, 5) is 14.1. The minimum atomic E-state index is -0.408. The summed E-state index contributed by atoms with van der Waals surface area (Å²) in [6, 6.07) is 11.2. The molecule has 118 valence electrons. The molecule has 1 aliphatic rings. The van der Waals surface area contributed by atoms with E-state index in [0.717, 1.165) is 22.5 Å². The van der Waals surface area contributed by atoms with E-state index in [1.54, 1.807) is 6.92 Å². The molecule has 2 heterocycles. The molecule has 1 atom stereocenters. The first-order chi connectivity index (χ1) is 11.0. The minimum Gasteiger partial charge on any atom is -0.465 e. The van der Waals surface area contributed by atoms with Crippen molar-refractivity contribution in [2.45, 2.75) is 27.0 Å². The molecule has 23 heavy (non-hydrogen) atoms. The highest BCUT2D eigenvalue weighted by molar-refractivity contribution is 5.63. The molecule has 0 radical (unpaired) electrons. The van der Waals surface area contributed by atoms with E-state index in [0.29, 0.717) is 5.76 Å². The van der Waals surface area contributed by atoms with Crippen LogP contribution in [-0.2, 0) is 0 Å². The zero-order valence-corrected chi connectivity index (χ0v) is 13.5. The van der Waals surface area contributed by atoms with Crippen molar-refractivity contribution in [2.75, 3.05) is 4.90 Å². The lowest BCUT2D eigenvalue weighted by Gasteiger charge is -2.29. The molecular weight excluding hydrogens is 290 g/mol. The van der Waals surface area contributed by atoms with Gasteiger partial charge in [0.05, 0.1) is 6.26 Å². The zero-order valence-electron chi connectivity index (χ0n) is 13.5. The van der Waals surface area contributed by atoms with E-state index in [1.165, 1.54) is 12.3 Å². The zero-order chi connectivity index (χ0) is 16.6. The highest BCUT2D eigenvalue weighted by Crippen LogP contribution is 2.37. The SMILES string of the molecule is C=C1C(C)=C(C)C(Oc2c(C)occc2=O)N1c1ccccc1. The molecule has 2 aromatic rings. The number of nitrogens with zero attached hydrogens (tertiary/aromatic N) is 1. The molecule has 0 fully saturated rings. The first-order valence-corrected chi connectivity index (χ1v) is 7.46. The van der Waals surface area contributed by atoms with E-state index >= 15 is 0 Å². The number of hydrogen-bond acceptors (Lipinski definition) is 4. The summed E-state index contributed by atoms with van der Waals surface area (Å²) in [6.45, 7) is 9.89. The standard InChI is InChI=1S/C19H19NO3/c1-12-13(2)19(23-18-15(4)22-11-10-17(18)21)20(14(12)3)16-8-6-5-7-9-16/h5-11,19H,3H2,1-2,4H3. The first kappa shape index (κ1) is 15.2. The maximum Gasteiger partial charge on any atom is 0.227 e. The Morgan fingerprint density at radius 2 is 1.83 bits per heavy atom. The second-order valence-corrected chi connectivity index (χ2v) is 5.60. The van der Waals surface area contributed by atoms with Gasteiger partial charge in [-0.1, -0.05) is 24.8 Å². The van der Waals surface area contributed by atoms with Crippen LogP contribution in [0, 0.1) is 6.92 Å². The molecule has 1 aliphatic heterocycles. The predicted molar refractivity (Wildman–Crippen MR) is 90.6 cm³/mol. The van der Waals surface area contributed by atoms with E-state index < -0.39 is 6.23 Å². The van der Waals surface area contributed by atoms with Crippen LogP contribution in [0.3, 0.4) is 0 Å². The first-order valence-electron chi connectivity index (χ1n) is 7.46. The van der Waals surface area contributed by atoms with E-state index in [2.05, 4.69) is 6.58 Å². The van der Waals surface area contributed by atoms with Gasteiger partial charge in [-0.05, 0) is 44.1 Å². The molecule has 0 saturated heterocycles. The fourth-order valence-electron chi connectivity index (χ4n) is 2.70. The number of rotatable bonds is 3. The number of allylic oxidation sites excluding steroid dienone is 1. The smallest absolute Gasteiger partial charge is 0.227 e. The number of anilines is 1. The van der Waals surface area contributed by atoms with Crippen LogP contribution in [0.2, 0.25) is 0 Å². The van der Waals surface area contributed by atoms with Gasteiger partial charge < -0.3 is 14.1 Å². The Bertz CT molecular complexity index is 833. The third-order valence-electron chi connectivity index (χ3n) is 4.19. The summed E-state index contributed by atoms with van der Waals surface area (Å²) < 4.78 is 11.4. The third kappa shape index (κ3) is 2.57. The Kier molecular flexibility index (Phi) is 3.82. The van der Waals surface area contributed by atoms with Gasteiger partial charge in [0.2, 0.25) is 11.2 Å². The van der Waals surface area contributed by atoms with Crippen molar-refractivity contribution < 1.29 is 9.15 Å². The van der Waals surface area contributed by atoms with Crippen LogP contribution in [0.1, 0.15) is 19.6 Å². The fraction of sp³-hybridized carbons (Fsp3) is 0.211. The maximum atomic E-state index is 12.1. The van der Waals surface area contributed by atoms with Crippen LogP contribution in [-0.4, -0.2) is 6.23 Å². The summed E-state index contributed by atoms with van der Waals surface area (Å²) in [7, 11) is 0. The van der Waals surface area contributed by atoms with Crippen LogP contribution in [0.4, 0.5) is 5.69 Å². The summed E-state index contributed by atoms with van der Waals surface area (Å²) in [5.41, 5.74) is 3.75. The van der Waals surface area contributed by atoms with Crippen molar-refractivity contribution in [3.05, 3.63) is 82.1 Å². The molecule has 0 N–H and O–H groups in total. The number of aryl methyl sites for hydroxylation is 1. The molecule has 4 heteroatoms.